The number of nitrogens with zero attached hydrogens (tertiary/aromatic N) is 1. The van der Waals surface area contributed by atoms with Crippen molar-refractivity contribution >= 4 is 17.9 Å². The van der Waals surface area contributed by atoms with Crippen LogP contribution < -0.4 is 0 Å². The van der Waals surface area contributed by atoms with Crippen LogP contribution in [0.25, 0.3) is 0 Å². The number of allylic oxidation sites excluding steroid dienone is 8. The van der Waals surface area contributed by atoms with Gasteiger partial charge < -0.3 is 28.6 Å². The van der Waals surface area contributed by atoms with Gasteiger partial charge in [-0.1, -0.05) is 101 Å². The van der Waals surface area contributed by atoms with Crippen molar-refractivity contribution in [3.05, 3.63) is 48.6 Å². The third-order valence-electron chi connectivity index (χ3n) is 10.4. The van der Waals surface area contributed by atoms with E-state index in [2.05, 4.69) is 74.3 Å². The Kier molecular flexibility index (Phi) is 34.2. The van der Waals surface area contributed by atoms with Crippen LogP contribution in [0.2, 0.25) is 0 Å². The molecule has 0 radical (unpaired) electrons. The molecule has 0 saturated carbocycles. The Morgan fingerprint density at radius 2 is 1.10 bits per heavy atom. The fourth-order valence-corrected chi connectivity index (χ4v) is 6.69. The van der Waals surface area contributed by atoms with Crippen LogP contribution in [-0.2, 0) is 38.1 Å². The molecule has 2 atom stereocenters. The minimum atomic E-state index is -0.582. The molecule has 1 aliphatic rings. The van der Waals surface area contributed by atoms with E-state index in [1.54, 1.807) is 0 Å². The summed E-state index contributed by atoms with van der Waals surface area (Å²) in [6.07, 6.45) is 39.3. The van der Waals surface area contributed by atoms with Crippen LogP contribution in [0.15, 0.2) is 48.6 Å². The lowest BCUT2D eigenvalue weighted by Crippen LogP contribution is -2.35. The normalized spacial score (nSPS) is 16.8. The SMILES string of the molecule is CC/C=C\CCCCOC(CCC(=O)OCC(COC(=O)CCCCCCC/C=C\C/C=C\CCCCC)COC(=O)C1(C)CCN(C)C1)OCCCC/C=C\CC. The third kappa shape index (κ3) is 30.3. The van der Waals surface area contributed by atoms with Crippen molar-refractivity contribution in [2.24, 2.45) is 11.3 Å². The first-order valence-corrected chi connectivity index (χ1v) is 23.2. The second-order valence-electron chi connectivity index (χ2n) is 16.3. The fourth-order valence-electron chi connectivity index (χ4n) is 6.69. The highest BCUT2D eigenvalue weighted by molar-refractivity contribution is 5.77. The van der Waals surface area contributed by atoms with Crippen LogP contribution in [0.3, 0.4) is 0 Å². The van der Waals surface area contributed by atoms with E-state index in [4.69, 9.17) is 23.7 Å². The Hall–Kier alpha value is -2.75. The smallest absolute Gasteiger partial charge is 0.313 e. The number of hydrogen-bond donors (Lipinski definition) is 0. The maximum absolute atomic E-state index is 13.1. The molecule has 58 heavy (non-hydrogen) atoms. The highest BCUT2D eigenvalue weighted by atomic mass is 16.7. The molecule has 1 aliphatic heterocycles. The summed E-state index contributed by atoms with van der Waals surface area (Å²) in [5.74, 6) is -1.40. The first kappa shape index (κ1) is 53.3. The zero-order chi connectivity index (χ0) is 42.4. The first-order chi connectivity index (χ1) is 28.2. The monoisotopic (exact) mass is 816 g/mol. The standard InChI is InChI=1S/C49H85NO8/c1-6-9-12-15-18-19-20-21-22-23-24-25-26-27-30-33-45(51)56-40-44(42-58-48(53)49(4)36-37-50(5)43-49)41-57-46(52)34-35-47(54-38-31-28-16-13-10-7-2)55-39-32-29-17-14-11-8-3/h10-11,13-14,18-19,21-22,44,47H,6-9,12,15-17,20,23-43H2,1-5H3/b13-10-,14-11-,19-18-,22-21-. The maximum atomic E-state index is 13.1. The van der Waals surface area contributed by atoms with Gasteiger partial charge in [0.15, 0.2) is 6.29 Å². The Labute approximate surface area is 354 Å². The third-order valence-corrected chi connectivity index (χ3v) is 10.4. The summed E-state index contributed by atoms with van der Waals surface area (Å²) in [5, 5.41) is 0. The molecule has 0 aromatic heterocycles. The minimum absolute atomic E-state index is 0.0113. The number of rotatable bonds is 38. The Balaban J connectivity index is 2.54. The summed E-state index contributed by atoms with van der Waals surface area (Å²) in [4.78, 5) is 40.9. The summed E-state index contributed by atoms with van der Waals surface area (Å²) in [7, 11) is 1.99. The van der Waals surface area contributed by atoms with Crippen molar-refractivity contribution in [1.82, 2.24) is 4.90 Å². The van der Waals surface area contributed by atoms with Gasteiger partial charge in [-0.3, -0.25) is 14.4 Å². The number of unbranched alkanes of at least 4 members (excludes halogenated alkanes) is 12. The van der Waals surface area contributed by atoms with Crippen molar-refractivity contribution in [3.63, 3.8) is 0 Å². The van der Waals surface area contributed by atoms with Crippen molar-refractivity contribution in [3.8, 4) is 0 Å². The van der Waals surface area contributed by atoms with Crippen molar-refractivity contribution in [2.45, 2.75) is 182 Å². The lowest BCUT2D eigenvalue weighted by atomic mass is 9.90. The summed E-state index contributed by atoms with van der Waals surface area (Å²) >= 11 is 0. The Morgan fingerprint density at radius 1 is 0.603 bits per heavy atom. The lowest BCUT2D eigenvalue weighted by Gasteiger charge is -2.24. The van der Waals surface area contributed by atoms with E-state index in [0.717, 1.165) is 109 Å². The maximum Gasteiger partial charge on any atom is 0.313 e. The largest absolute Gasteiger partial charge is 0.465 e. The van der Waals surface area contributed by atoms with Gasteiger partial charge in [-0.15, -0.1) is 0 Å². The molecule has 1 fully saturated rings. The van der Waals surface area contributed by atoms with Gasteiger partial charge in [0.05, 0.1) is 17.8 Å². The highest BCUT2D eigenvalue weighted by Crippen LogP contribution is 2.30. The fraction of sp³-hybridized carbons (Fsp3) is 0.776. The van der Waals surface area contributed by atoms with Crippen LogP contribution in [0.1, 0.15) is 175 Å². The average molecular weight is 816 g/mol. The summed E-state index contributed by atoms with van der Waals surface area (Å²) in [6.45, 7) is 11.0. The van der Waals surface area contributed by atoms with Crippen LogP contribution in [0.5, 0.6) is 0 Å². The van der Waals surface area contributed by atoms with Crippen LogP contribution in [-0.4, -0.2) is 82.3 Å². The van der Waals surface area contributed by atoms with Crippen LogP contribution >= 0.6 is 0 Å². The van der Waals surface area contributed by atoms with Gasteiger partial charge in [0.25, 0.3) is 0 Å². The number of ether oxygens (including phenoxy) is 5. The van der Waals surface area contributed by atoms with Crippen molar-refractivity contribution < 1.29 is 38.1 Å². The molecule has 0 spiro atoms. The van der Waals surface area contributed by atoms with Gasteiger partial charge in [-0.25, -0.2) is 0 Å². The van der Waals surface area contributed by atoms with E-state index in [-0.39, 0.29) is 44.1 Å². The Bertz CT molecular complexity index is 1130. The molecular formula is C49H85NO8. The van der Waals surface area contributed by atoms with E-state index in [1.165, 1.54) is 25.7 Å². The quantitative estimate of drug-likeness (QED) is 0.0198. The topological polar surface area (TPSA) is 101 Å². The second kappa shape index (κ2) is 37.3. The molecule has 2 unspecified atom stereocenters. The molecule has 1 rings (SSSR count). The van der Waals surface area contributed by atoms with E-state index in [1.807, 2.05) is 14.0 Å². The molecule has 0 aromatic rings. The summed E-state index contributed by atoms with van der Waals surface area (Å²) in [6, 6.07) is 0. The number of carbonyl (C=O) groups is 3. The molecule has 334 valence electrons. The van der Waals surface area contributed by atoms with Crippen LogP contribution in [0.4, 0.5) is 0 Å². The van der Waals surface area contributed by atoms with Gasteiger partial charge in [-0.05, 0) is 117 Å². The molecule has 1 saturated heterocycles. The molecule has 1 heterocycles. The number of carbonyl (C=O) groups excluding carboxylic acids is 3. The molecule has 9 nitrogen and oxygen atoms in total. The van der Waals surface area contributed by atoms with Crippen molar-refractivity contribution in [1.29, 1.82) is 0 Å². The predicted molar refractivity (Wildman–Crippen MR) is 237 cm³/mol. The Morgan fingerprint density at radius 3 is 1.66 bits per heavy atom. The molecule has 0 aromatic carbocycles. The molecule has 0 aliphatic carbocycles. The summed E-state index contributed by atoms with van der Waals surface area (Å²) in [5.41, 5.74) is -0.582. The average Bonchev–Trinajstić information content (AvgIpc) is 3.58. The number of esters is 3. The van der Waals surface area contributed by atoms with E-state index < -0.39 is 17.6 Å². The molecule has 0 amide bonds. The lowest BCUT2D eigenvalue weighted by molar-refractivity contribution is -0.163. The molecule has 0 N–H and O–H groups in total. The zero-order valence-electron chi connectivity index (χ0n) is 37.7. The summed E-state index contributed by atoms with van der Waals surface area (Å²) < 4.78 is 29.2. The zero-order valence-corrected chi connectivity index (χ0v) is 37.7. The van der Waals surface area contributed by atoms with Crippen LogP contribution in [0, 0.1) is 11.3 Å². The minimum Gasteiger partial charge on any atom is -0.465 e. The molecule has 9 heteroatoms. The highest BCUT2D eigenvalue weighted by Gasteiger charge is 2.40. The van der Waals surface area contributed by atoms with E-state index in [0.29, 0.717) is 32.6 Å². The predicted octanol–water partition coefficient (Wildman–Crippen LogP) is 11.8. The van der Waals surface area contributed by atoms with Crippen molar-refractivity contribution in [2.75, 3.05) is 53.2 Å². The molecule has 0 bridgehead atoms. The van der Waals surface area contributed by atoms with E-state index >= 15 is 0 Å². The van der Waals surface area contributed by atoms with Gasteiger partial charge in [-0.2, -0.15) is 0 Å². The number of hydrogen-bond acceptors (Lipinski definition) is 9. The van der Waals surface area contributed by atoms with Gasteiger partial charge in [0.1, 0.15) is 19.8 Å². The first-order valence-electron chi connectivity index (χ1n) is 23.2. The van der Waals surface area contributed by atoms with Gasteiger partial charge >= 0.3 is 17.9 Å². The second-order valence-corrected chi connectivity index (χ2v) is 16.3. The number of likely N-dealkylation sites (tertiary alicyclic amines) is 1. The van der Waals surface area contributed by atoms with E-state index in [9.17, 15) is 14.4 Å². The van der Waals surface area contributed by atoms with Gasteiger partial charge in [0.2, 0.25) is 0 Å². The molecular weight excluding hydrogens is 731 g/mol. The van der Waals surface area contributed by atoms with Gasteiger partial charge in [0, 0.05) is 32.6 Å².